The van der Waals surface area contributed by atoms with Crippen LogP contribution in [-0.4, -0.2) is 41.9 Å². The topological polar surface area (TPSA) is 136 Å². The van der Waals surface area contributed by atoms with Gasteiger partial charge in [-0.3, -0.25) is 4.72 Å². The minimum Gasteiger partial charge on any atom is -0.465 e. The quantitative estimate of drug-likeness (QED) is 0.256. The number of rotatable bonds is 8. The lowest BCUT2D eigenvalue weighted by atomic mass is 10.0. The number of nitrogens with one attached hydrogen (secondary N) is 2. The standard InChI is InChI=1S/C26H22N6O4S2/c1-3-22-28-31-26(37-22)32-38(34,35)19-14-12-18(13-15-19)27-24-21-7-5-4-6-20(21)23(29-30-24)16-8-10-17(11-9-16)25(33)36-2/h4-15H,3H2,1-2H3,(H,27,30)(H,31,32). The SMILES string of the molecule is CCc1nnc(NS(=O)(=O)c2ccc(Nc3nnc(-c4ccc(C(=O)OC)cc4)c4ccccc34)cc2)s1. The van der Waals surface area contributed by atoms with E-state index in [-0.39, 0.29) is 10.0 Å². The Kier molecular flexibility index (Phi) is 6.99. The molecule has 0 radical (unpaired) electrons. The summed E-state index contributed by atoms with van der Waals surface area (Å²) in [5, 5.41) is 22.5. The third kappa shape index (κ3) is 5.17. The van der Waals surface area contributed by atoms with Gasteiger partial charge in [0.15, 0.2) is 5.82 Å². The molecule has 2 N–H and O–H groups in total. The van der Waals surface area contributed by atoms with Crippen molar-refractivity contribution in [2.75, 3.05) is 17.1 Å². The van der Waals surface area contributed by atoms with Crippen LogP contribution >= 0.6 is 11.3 Å². The molecule has 0 saturated carbocycles. The van der Waals surface area contributed by atoms with Crippen molar-refractivity contribution in [1.29, 1.82) is 0 Å². The Morgan fingerprint density at radius 1 is 0.895 bits per heavy atom. The number of carbonyl (C=O) groups is 1. The summed E-state index contributed by atoms with van der Waals surface area (Å²) >= 11 is 1.20. The minimum atomic E-state index is -3.81. The number of benzene rings is 3. The molecule has 0 amide bonds. The van der Waals surface area contributed by atoms with Crippen molar-refractivity contribution in [3.63, 3.8) is 0 Å². The maximum atomic E-state index is 12.8. The van der Waals surface area contributed by atoms with E-state index in [0.717, 1.165) is 21.3 Å². The molecule has 192 valence electrons. The van der Waals surface area contributed by atoms with Gasteiger partial charge in [0.1, 0.15) is 10.7 Å². The number of aryl methyl sites for hydroxylation is 1. The fourth-order valence-electron chi connectivity index (χ4n) is 3.76. The van der Waals surface area contributed by atoms with Crippen molar-refractivity contribution < 1.29 is 17.9 Å². The zero-order valence-electron chi connectivity index (χ0n) is 20.4. The fraction of sp³-hybridized carbons (Fsp3) is 0.115. The summed E-state index contributed by atoms with van der Waals surface area (Å²) in [5.74, 6) is 0.109. The third-order valence-corrected chi connectivity index (χ3v) is 8.15. The summed E-state index contributed by atoms with van der Waals surface area (Å²) < 4.78 is 32.7. The lowest BCUT2D eigenvalue weighted by Gasteiger charge is -2.12. The number of nitrogens with zero attached hydrogens (tertiary/aromatic N) is 4. The van der Waals surface area contributed by atoms with Gasteiger partial charge in [-0.15, -0.1) is 20.4 Å². The normalized spacial score (nSPS) is 11.3. The van der Waals surface area contributed by atoms with Gasteiger partial charge in [-0.2, -0.15) is 0 Å². The summed E-state index contributed by atoms with van der Waals surface area (Å²) in [6, 6.07) is 21.0. The highest BCUT2D eigenvalue weighted by atomic mass is 32.2. The molecular formula is C26H22N6O4S2. The molecule has 0 bridgehead atoms. The number of ether oxygens (including phenoxy) is 1. The molecular weight excluding hydrogens is 524 g/mol. The molecule has 0 aliphatic heterocycles. The summed E-state index contributed by atoms with van der Waals surface area (Å²) in [4.78, 5) is 11.9. The van der Waals surface area contributed by atoms with E-state index < -0.39 is 16.0 Å². The molecule has 0 atom stereocenters. The molecule has 0 fully saturated rings. The van der Waals surface area contributed by atoms with Crippen molar-refractivity contribution in [1.82, 2.24) is 20.4 Å². The van der Waals surface area contributed by atoms with E-state index >= 15 is 0 Å². The van der Waals surface area contributed by atoms with Gasteiger partial charge in [0.25, 0.3) is 10.0 Å². The number of methoxy groups -OCH3 is 1. The number of fused-ring (bicyclic) bond motifs is 1. The molecule has 2 heterocycles. The Morgan fingerprint density at radius 3 is 2.26 bits per heavy atom. The monoisotopic (exact) mass is 546 g/mol. The first-order valence-electron chi connectivity index (χ1n) is 11.5. The van der Waals surface area contributed by atoms with Crippen LogP contribution in [0.15, 0.2) is 77.7 Å². The van der Waals surface area contributed by atoms with Crippen LogP contribution < -0.4 is 10.0 Å². The smallest absolute Gasteiger partial charge is 0.337 e. The fourth-order valence-corrected chi connectivity index (χ4v) is 5.67. The number of sulfonamides is 1. The Labute approximate surface area is 222 Å². The number of esters is 1. The van der Waals surface area contributed by atoms with Crippen molar-refractivity contribution >= 4 is 54.7 Å². The first kappa shape index (κ1) is 25.2. The van der Waals surface area contributed by atoms with Gasteiger partial charge in [-0.1, -0.05) is 54.7 Å². The Balaban J connectivity index is 1.39. The van der Waals surface area contributed by atoms with E-state index in [0.29, 0.717) is 29.2 Å². The zero-order chi connectivity index (χ0) is 26.7. The van der Waals surface area contributed by atoms with Gasteiger partial charge < -0.3 is 10.1 Å². The molecule has 5 aromatic rings. The molecule has 0 aliphatic carbocycles. The predicted octanol–water partition coefficient (Wildman–Crippen LogP) is 5.04. The van der Waals surface area contributed by atoms with Gasteiger partial charge in [0.2, 0.25) is 5.13 Å². The highest BCUT2D eigenvalue weighted by molar-refractivity contribution is 7.93. The van der Waals surface area contributed by atoms with Crippen molar-refractivity contribution in [2.45, 2.75) is 18.2 Å². The van der Waals surface area contributed by atoms with E-state index in [1.54, 1.807) is 36.4 Å². The Bertz CT molecular complexity index is 1720. The van der Waals surface area contributed by atoms with Gasteiger partial charge in [-0.25, -0.2) is 13.2 Å². The average Bonchev–Trinajstić information content (AvgIpc) is 3.40. The van der Waals surface area contributed by atoms with E-state index in [1.165, 1.54) is 30.6 Å². The molecule has 0 spiro atoms. The molecule has 38 heavy (non-hydrogen) atoms. The Morgan fingerprint density at radius 2 is 1.61 bits per heavy atom. The first-order chi connectivity index (χ1) is 18.4. The van der Waals surface area contributed by atoms with Gasteiger partial charge >= 0.3 is 5.97 Å². The van der Waals surface area contributed by atoms with Gasteiger partial charge in [0.05, 0.1) is 17.6 Å². The van der Waals surface area contributed by atoms with Crippen LogP contribution in [0, 0.1) is 0 Å². The van der Waals surface area contributed by atoms with Crippen LogP contribution in [0.5, 0.6) is 0 Å². The van der Waals surface area contributed by atoms with Crippen molar-refractivity contribution in [3.8, 4) is 11.3 Å². The summed E-state index contributed by atoms with van der Waals surface area (Å²) in [5.41, 5.74) is 2.55. The maximum Gasteiger partial charge on any atom is 0.337 e. The molecule has 12 heteroatoms. The van der Waals surface area contributed by atoms with Crippen LogP contribution in [0.4, 0.5) is 16.6 Å². The number of aromatic nitrogens is 4. The van der Waals surface area contributed by atoms with Crippen LogP contribution in [0.25, 0.3) is 22.0 Å². The number of hydrogen-bond donors (Lipinski definition) is 2. The predicted molar refractivity (Wildman–Crippen MR) is 146 cm³/mol. The Hall–Kier alpha value is -4.42. The van der Waals surface area contributed by atoms with Crippen LogP contribution in [0.2, 0.25) is 0 Å². The molecule has 0 saturated heterocycles. The minimum absolute atomic E-state index is 0.0954. The third-order valence-electron chi connectivity index (χ3n) is 5.69. The highest BCUT2D eigenvalue weighted by Crippen LogP contribution is 2.31. The van der Waals surface area contributed by atoms with Crippen LogP contribution in [-0.2, 0) is 21.2 Å². The van der Waals surface area contributed by atoms with Crippen LogP contribution in [0.3, 0.4) is 0 Å². The molecule has 3 aromatic carbocycles. The number of hydrogen-bond acceptors (Lipinski definition) is 10. The second-order valence-electron chi connectivity index (χ2n) is 8.12. The second-order valence-corrected chi connectivity index (χ2v) is 10.9. The van der Waals surface area contributed by atoms with E-state index in [4.69, 9.17) is 4.74 Å². The van der Waals surface area contributed by atoms with E-state index in [1.807, 2.05) is 31.2 Å². The second kappa shape index (κ2) is 10.5. The first-order valence-corrected chi connectivity index (χ1v) is 13.8. The lowest BCUT2D eigenvalue weighted by Crippen LogP contribution is -2.12. The number of anilines is 3. The summed E-state index contributed by atoms with van der Waals surface area (Å²) in [6.07, 6.45) is 0.681. The molecule has 0 aliphatic rings. The lowest BCUT2D eigenvalue weighted by molar-refractivity contribution is 0.0600. The van der Waals surface area contributed by atoms with Gasteiger partial charge in [-0.05, 0) is 42.8 Å². The van der Waals surface area contributed by atoms with Crippen LogP contribution in [0.1, 0.15) is 22.3 Å². The summed E-state index contributed by atoms with van der Waals surface area (Å²) in [7, 11) is -2.47. The summed E-state index contributed by atoms with van der Waals surface area (Å²) in [6.45, 7) is 1.93. The zero-order valence-corrected chi connectivity index (χ0v) is 22.0. The van der Waals surface area contributed by atoms with E-state index in [2.05, 4.69) is 30.4 Å². The molecule has 10 nitrogen and oxygen atoms in total. The van der Waals surface area contributed by atoms with Gasteiger partial charge in [0, 0.05) is 22.0 Å². The molecule has 5 rings (SSSR count). The molecule has 0 unspecified atom stereocenters. The van der Waals surface area contributed by atoms with E-state index in [9.17, 15) is 13.2 Å². The highest BCUT2D eigenvalue weighted by Gasteiger charge is 2.17. The maximum absolute atomic E-state index is 12.8. The van der Waals surface area contributed by atoms with Crippen molar-refractivity contribution in [3.05, 3.63) is 83.4 Å². The molecule has 2 aromatic heterocycles. The number of carbonyl (C=O) groups excluding carboxylic acids is 1. The van der Waals surface area contributed by atoms with Crippen molar-refractivity contribution in [2.24, 2.45) is 0 Å². The average molecular weight is 547 g/mol. The largest absolute Gasteiger partial charge is 0.465 e.